The molecular weight excluding hydrogens is 719 g/mol. The average molecular weight is 805 g/mol. The van der Waals surface area contributed by atoms with Crippen molar-refractivity contribution in [2.45, 2.75) is 180 Å². The van der Waals surface area contributed by atoms with Crippen molar-refractivity contribution in [3.8, 4) is 0 Å². The van der Waals surface area contributed by atoms with Crippen molar-refractivity contribution < 1.29 is 32.9 Å². The predicted octanol–water partition coefficient (Wildman–Crippen LogP) is 11.8. The molecule has 1 amide bonds. The second kappa shape index (κ2) is 38.5. The molecule has 0 fully saturated rings. The van der Waals surface area contributed by atoms with Crippen LogP contribution in [0.25, 0.3) is 0 Å². The zero-order valence-electron chi connectivity index (χ0n) is 36.6. The number of likely N-dealkylation sites (N-methyl/N-ethyl adjacent to an activating group) is 1. The fraction of sp³-hybridized carbons (Fsp3) is 0.723. The number of hydrogen-bond donors (Lipinski definition) is 2. The zero-order chi connectivity index (χ0) is 41.4. The summed E-state index contributed by atoms with van der Waals surface area (Å²) in [5, 5.41) is 13.7. The average Bonchev–Trinajstić information content (AvgIpc) is 3.15. The van der Waals surface area contributed by atoms with E-state index in [1.807, 2.05) is 21.1 Å². The molecule has 56 heavy (non-hydrogen) atoms. The molecule has 0 saturated carbocycles. The van der Waals surface area contributed by atoms with E-state index in [0.717, 1.165) is 96.3 Å². The number of hydrogen-bond acceptors (Lipinski definition) is 6. The standard InChI is InChI=1S/C47H85N2O6P/c1-6-8-10-12-13-14-15-16-17-18-19-20-21-22-23-24-25-26-27-28-29-30-31-32-33-34-35-37-39-41-47(51)48-45(46(50)40-38-36-11-9-7-2)44-55-56(52,53)54-43-42-49(3,4)5/h8,10,13-14,16-17,19-20,22-23,25-26,45-46,50H,6-7,9,11-12,15,18,21,24,27-44H2,1-5H3,(H-,48,51,52,53)/b10-8-,14-13-,17-16-,20-19-,23-22-,26-25-. The highest BCUT2D eigenvalue weighted by Gasteiger charge is 2.24. The van der Waals surface area contributed by atoms with Gasteiger partial charge in [0.05, 0.1) is 39.9 Å². The molecule has 2 N–H and O–H groups in total. The molecule has 0 spiro atoms. The number of amides is 1. The number of carbonyl (C=O) groups is 1. The van der Waals surface area contributed by atoms with Gasteiger partial charge in [-0.3, -0.25) is 9.36 Å². The number of phosphoric ester groups is 1. The van der Waals surface area contributed by atoms with Crippen LogP contribution in [0.3, 0.4) is 0 Å². The summed E-state index contributed by atoms with van der Waals surface area (Å²) in [6, 6.07) is -0.802. The van der Waals surface area contributed by atoms with E-state index in [-0.39, 0.29) is 19.1 Å². The molecule has 3 atom stereocenters. The Kier molecular flexibility index (Phi) is 37.0. The number of quaternary nitrogens is 1. The molecule has 0 aromatic heterocycles. The van der Waals surface area contributed by atoms with Gasteiger partial charge in [0.2, 0.25) is 5.91 Å². The second-order valence-corrected chi connectivity index (χ2v) is 17.4. The monoisotopic (exact) mass is 805 g/mol. The summed E-state index contributed by atoms with van der Waals surface area (Å²) in [4.78, 5) is 25.1. The van der Waals surface area contributed by atoms with E-state index in [1.54, 1.807) is 0 Å². The van der Waals surface area contributed by atoms with Gasteiger partial charge >= 0.3 is 0 Å². The lowest BCUT2D eigenvalue weighted by atomic mass is 10.0. The van der Waals surface area contributed by atoms with Crippen LogP contribution in [0.15, 0.2) is 72.9 Å². The highest BCUT2D eigenvalue weighted by Crippen LogP contribution is 2.38. The summed E-state index contributed by atoms with van der Waals surface area (Å²) in [6.07, 6.45) is 51.0. The highest BCUT2D eigenvalue weighted by atomic mass is 31.2. The quantitative estimate of drug-likeness (QED) is 0.0277. The molecule has 0 rings (SSSR count). The van der Waals surface area contributed by atoms with E-state index in [0.29, 0.717) is 23.9 Å². The molecule has 0 heterocycles. The molecule has 0 radical (unpaired) electrons. The van der Waals surface area contributed by atoms with Gasteiger partial charge < -0.3 is 28.8 Å². The lowest BCUT2D eigenvalue weighted by molar-refractivity contribution is -0.870. The van der Waals surface area contributed by atoms with Gasteiger partial charge in [0, 0.05) is 6.42 Å². The van der Waals surface area contributed by atoms with Gasteiger partial charge in [-0.15, -0.1) is 0 Å². The molecule has 0 aliphatic rings. The molecule has 9 heteroatoms. The third-order valence-corrected chi connectivity index (χ3v) is 10.4. The molecule has 0 saturated heterocycles. The number of unbranched alkanes of at least 4 members (excludes halogenated alkanes) is 14. The lowest BCUT2D eigenvalue weighted by Crippen LogP contribution is -2.46. The van der Waals surface area contributed by atoms with Gasteiger partial charge in [-0.05, 0) is 64.2 Å². The van der Waals surface area contributed by atoms with Crippen molar-refractivity contribution in [2.75, 3.05) is 40.9 Å². The van der Waals surface area contributed by atoms with Crippen molar-refractivity contribution in [1.82, 2.24) is 5.32 Å². The minimum Gasteiger partial charge on any atom is -0.756 e. The molecule has 3 unspecified atom stereocenters. The van der Waals surface area contributed by atoms with E-state index in [1.165, 1.54) is 44.9 Å². The van der Waals surface area contributed by atoms with Crippen LogP contribution in [0.2, 0.25) is 0 Å². The maximum Gasteiger partial charge on any atom is 0.268 e. The molecule has 0 aromatic carbocycles. The number of rotatable bonds is 39. The number of aliphatic hydroxyl groups is 1. The Morgan fingerprint density at radius 3 is 1.59 bits per heavy atom. The summed E-state index contributed by atoms with van der Waals surface area (Å²) < 4.78 is 23.0. The van der Waals surface area contributed by atoms with Crippen molar-refractivity contribution in [2.24, 2.45) is 0 Å². The Hall–Kier alpha value is -2.06. The Morgan fingerprint density at radius 1 is 0.643 bits per heavy atom. The normalized spacial score (nSPS) is 15.1. The van der Waals surface area contributed by atoms with Crippen LogP contribution in [-0.4, -0.2) is 68.5 Å². The second-order valence-electron chi connectivity index (χ2n) is 16.0. The molecule has 8 nitrogen and oxygen atoms in total. The third-order valence-electron chi connectivity index (χ3n) is 9.46. The first-order valence-electron chi connectivity index (χ1n) is 22.3. The first kappa shape index (κ1) is 53.9. The van der Waals surface area contributed by atoms with Crippen LogP contribution in [0.4, 0.5) is 0 Å². The number of aliphatic hydroxyl groups excluding tert-OH is 1. The number of nitrogens with one attached hydrogen (secondary N) is 1. The maximum absolute atomic E-state index is 12.8. The lowest BCUT2D eigenvalue weighted by Gasteiger charge is -2.30. The van der Waals surface area contributed by atoms with Crippen molar-refractivity contribution in [1.29, 1.82) is 0 Å². The van der Waals surface area contributed by atoms with Gasteiger partial charge in [-0.1, -0.05) is 170 Å². The summed E-state index contributed by atoms with van der Waals surface area (Å²) in [5.74, 6) is -0.181. The number of carbonyl (C=O) groups excluding carboxylic acids is 1. The minimum atomic E-state index is -4.55. The van der Waals surface area contributed by atoms with Gasteiger partial charge in [0.1, 0.15) is 13.2 Å². The van der Waals surface area contributed by atoms with Crippen LogP contribution in [0.5, 0.6) is 0 Å². The summed E-state index contributed by atoms with van der Waals surface area (Å²) >= 11 is 0. The van der Waals surface area contributed by atoms with Gasteiger partial charge in [0.25, 0.3) is 7.82 Å². The fourth-order valence-corrected chi connectivity index (χ4v) is 6.65. The first-order valence-corrected chi connectivity index (χ1v) is 23.7. The molecule has 0 bridgehead atoms. The smallest absolute Gasteiger partial charge is 0.268 e. The minimum absolute atomic E-state index is 0.00696. The van der Waals surface area contributed by atoms with Crippen molar-refractivity contribution >= 4 is 13.7 Å². The van der Waals surface area contributed by atoms with Crippen LogP contribution < -0.4 is 10.2 Å². The Bertz CT molecular complexity index is 1140. The maximum atomic E-state index is 12.8. The van der Waals surface area contributed by atoms with Crippen LogP contribution in [0.1, 0.15) is 168 Å². The predicted molar refractivity (Wildman–Crippen MR) is 237 cm³/mol. The summed E-state index contributed by atoms with van der Waals surface area (Å²) in [5.41, 5.74) is 0. The largest absolute Gasteiger partial charge is 0.756 e. The van der Waals surface area contributed by atoms with Gasteiger partial charge in [-0.25, -0.2) is 0 Å². The van der Waals surface area contributed by atoms with Crippen molar-refractivity contribution in [3.05, 3.63) is 72.9 Å². The molecule has 0 aliphatic heterocycles. The highest BCUT2D eigenvalue weighted by molar-refractivity contribution is 7.45. The molecule has 0 aliphatic carbocycles. The van der Waals surface area contributed by atoms with Gasteiger partial charge in [0.15, 0.2) is 0 Å². The first-order chi connectivity index (χ1) is 27.0. The van der Waals surface area contributed by atoms with E-state index in [9.17, 15) is 19.4 Å². The Balaban J connectivity index is 4.01. The van der Waals surface area contributed by atoms with E-state index < -0.39 is 20.0 Å². The molecule has 0 aromatic rings. The fourth-order valence-electron chi connectivity index (χ4n) is 5.92. The SMILES string of the molecule is CC/C=C\C/C=C\C/C=C\C/C=C\C/C=C\C/C=C\CCCCCCCCCCCCC(=O)NC(COP(=O)([O-])OCC[N+](C)(C)C)C(O)CCCCCCC. The van der Waals surface area contributed by atoms with Crippen LogP contribution in [-0.2, 0) is 18.4 Å². The number of allylic oxidation sites excluding steroid dienone is 12. The Labute approximate surface area is 344 Å². The van der Waals surface area contributed by atoms with Crippen molar-refractivity contribution in [3.63, 3.8) is 0 Å². The summed E-state index contributed by atoms with van der Waals surface area (Å²) in [6.45, 7) is 4.48. The van der Waals surface area contributed by atoms with Crippen LogP contribution >= 0.6 is 7.82 Å². The molecular formula is C47H85N2O6P. The van der Waals surface area contributed by atoms with E-state index in [4.69, 9.17) is 9.05 Å². The number of nitrogens with zero attached hydrogens (tertiary/aromatic N) is 1. The van der Waals surface area contributed by atoms with E-state index in [2.05, 4.69) is 92.1 Å². The Morgan fingerprint density at radius 2 is 1.09 bits per heavy atom. The van der Waals surface area contributed by atoms with Gasteiger partial charge in [-0.2, -0.15) is 0 Å². The number of phosphoric acid groups is 1. The third kappa shape index (κ3) is 40.1. The van der Waals surface area contributed by atoms with E-state index >= 15 is 0 Å². The topological polar surface area (TPSA) is 108 Å². The van der Waals surface area contributed by atoms with Crippen LogP contribution in [0, 0.1) is 0 Å². The molecule has 324 valence electrons. The zero-order valence-corrected chi connectivity index (χ0v) is 37.5. The summed E-state index contributed by atoms with van der Waals surface area (Å²) in [7, 11) is 1.28.